The summed E-state index contributed by atoms with van der Waals surface area (Å²) in [6.07, 6.45) is 1.60. The van der Waals surface area contributed by atoms with Crippen molar-refractivity contribution in [2.75, 3.05) is 0 Å². The molecule has 0 aromatic rings. The number of carbonyl (C=O) groups is 1. The summed E-state index contributed by atoms with van der Waals surface area (Å²) < 4.78 is 10.7. The topological polar surface area (TPSA) is 38.8 Å². The van der Waals surface area contributed by atoms with Crippen LogP contribution in [0.3, 0.4) is 0 Å². The van der Waals surface area contributed by atoms with Gasteiger partial charge in [0.2, 0.25) is 0 Å². The van der Waals surface area contributed by atoms with Gasteiger partial charge in [0, 0.05) is 0 Å². The molecule has 2 aliphatic rings. The van der Waals surface area contributed by atoms with E-state index in [2.05, 4.69) is 0 Å². The molecule has 80 valence electrons. The molecule has 14 heavy (non-hydrogen) atoms. The maximum absolute atomic E-state index is 11.6. The molecule has 3 unspecified atom stereocenters. The Bertz CT molecular complexity index is 251. The van der Waals surface area contributed by atoms with Gasteiger partial charge in [-0.05, 0) is 20.3 Å². The number of hydrogen-bond acceptors (Lipinski definition) is 3. The quantitative estimate of drug-likeness (QED) is 0.510. The summed E-state index contributed by atoms with van der Waals surface area (Å²) >= 11 is 0. The number of carbonyl (C=O) groups excluding carboxylic acids is 1. The zero-order valence-electron chi connectivity index (χ0n) is 9.24. The van der Waals surface area contributed by atoms with Gasteiger partial charge in [-0.3, -0.25) is 4.79 Å². The first-order valence-corrected chi connectivity index (χ1v) is 5.35. The van der Waals surface area contributed by atoms with Crippen LogP contribution in [0.25, 0.3) is 0 Å². The number of esters is 1. The Morgan fingerprint density at radius 1 is 1.50 bits per heavy atom. The minimum Gasteiger partial charge on any atom is -0.459 e. The third-order valence-electron chi connectivity index (χ3n) is 3.31. The van der Waals surface area contributed by atoms with E-state index in [0.717, 1.165) is 6.42 Å². The molecule has 0 aromatic heterocycles. The lowest BCUT2D eigenvalue weighted by atomic mass is 10.0. The van der Waals surface area contributed by atoms with E-state index in [4.69, 9.17) is 9.47 Å². The fraction of sp³-hybridized carbons (Fsp3) is 0.909. The molecule has 3 heteroatoms. The van der Waals surface area contributed by atoms with E-state index in [9.17, 15) is 4.79 Å². The number of epoxide rings is 1. The SMILES string of the molecule is CCC(C)C(=O)OC(C)(C)C1C2OC21. The van der Waals surface area contributed by atoms with E-state index in [1.54, 1.807) is 0 Å². The smallest absolute Gasteiger partial charge is 0.309 e. The van der Waals surface area contributed by atoms with Crippen molar-refractivity contribution in [3.05, 3.63) is 0 Å². The van der Waals surface area contributed by atoms with Gasteiger partial charge in [0.05, 0.1) is 24.0 Å². The van der Waals surface area contributed by atoms with Crippen LogP contribution in [0, 0.1) is 11.8 Å². The molecule has 0 N–H and O–H groups in total. The standard InChI is InChI=1S/C11H18O3/c1-5-6(2)10(12)14-11(3,4)7-8-9(7)13-8/h6-9H,5H2,1-4H3. The summed E-state index contributed by atoms with van der Waals surface area (Å²) in [7, 11) is 0. The van der Waals surface area contributed by atoms with Gasteiger partial charge in [0.25, 0.3) is 0 Å². The van der Waals surface area contributed by atoms with Crippen LogP contribution in [-0.4, -0.2) is 23.8 Å². The third kappa shape index (κ3) is 1.54. The second-order valence-electron chi connectivity index (χ2n) is 4.92. The van der Waals surface area contributed by atoms with E-state index in [0.29, 0.717) is 18.1 Å². The predicted octanol–water partition coefficient (Wildman–Crippen LogP) is 1.75. The summed E-state index contributed by atoms with van der Waals surface area (Å²) in [4.78, 5) is 11.6. The highest BCUT2D eigenvalue weighted by atomic mass is 16.6. The molecule has 1 saturated heterocycles. The molecule has 1 aliphatic carbocycles. The van der Waals surface area contributed by atoms with Gasteiger partial charge in [-0.1, -0.05) is 13.8 Å². The van der Waals surface area contributed by atoms with Crippen molar-refractivity contribution in [3.63, 3.8) is 0 Å². The van der Waals surface area contributed by atoms with Crippen LogP contribution < -0.4 is 0 Å². The minimum absolute atomic E-state index is 0.00488. The Morgan fingerprint density at radius 2 is 2.07 bits per heavy atom. The molecule has 3 nitrogen and oxygen atoms in total. The van der Waals surface area contributed by atoms with Crippen LogP contribution in [0.2, 0.25) is 0 Å². The molecule has 2 rings (SSSR count). The molecule has 1 saturated carbocycles. The lowest BCUT2D eigenvalue weighted by Gasteiger charge is -2.28. The Labute approximate surface area is 84.8 Å². The van der Waals surface area contributed by atoms with Crippen LogP contribution in [0.15, 0.2) is 0 Å². The molecule has 1 aliphatic heterocycles. The van der Waals surface area contributed by atoms with E-state index in [-0.39, 0.29) is 17.5 Å². The number of ether oxygens (including phenoxy) is 2. The summed E-state index contributed by atoms with van der Waals surface area (Å²) in [6.45, 7) is 7.86. The maximum Gasteiger partial charge on any atom is 0.309 e. The van der Waals surface area contributed by atoms with Gasteiger partial charge < -0.3 is 9.47 Å². The molecule has 1 heterocycles. The second-order valence-corrected chi connectivity index (χ2v) is 4.92. The zero-order valence-corrected chi connectivity index (χ0v) is 9.24. The minimum atomic E-state index is -0.339. The summed E-state index contributed by atoms with van der Waals surface area (Å²) in [6, 6.07) is 0. The first kappa shape index (κ1) is 9.97. The van der Waals surface area contributed by atoms with Gasteiger partial charge in [-0.25, -0.2) is 0 Å². The van der Waals surface area contributed by atoms with Crippen LogP contribution in [-0.2, 0) is 14.3 Å². The van der Waals surface area contributed by atoms with E-state index in [1.165, 1.54) is 0 Å². The van der Waals surface area contributed by atoms with Gasteiger partial charge in [-0.2, -0.15) is 0 Å². The van der Waals surface area contributed by atoms with Crippen molar-refractivity contribution >= 4 is 5.97 Å². The lowest BCUT2D eigenvalue weighted by Crippen LogP contribution is -2.36. The first-order valence-electron chi connectivity index (χ1n) is 5.35. The molecule has 0 bridgehead atoms. The van der Waals surface area contributed by atoms with Gasteiger partial charge in [0.15, 0.2) is 0 Å². The van der Waals surface area contributed by atoms with Crippen molar-refractivity contribution in [1.29, 1.82) is 0 Å². The van der Waals surface area contributed by atoms with Gasteiger partial charge >= 0.3 is 5.97 Å². The Kier molecular flexibility index (Phi) is 2.11. The van der Waals surface area contributed by atoms with Crippen molar-refractivity contribution in [3.8, 4) is 0 Å². The van der Waals surface area contributed by atoms with Crippen LogP contribution in [0.5, 0.6) is 0 Å². The summed E-state index contributed by atoms with van der Waals surface area (Å²) in [5, 5.41) is 0. The van der Waals surface area contributed by atoms with E-state index < -0.39 is 0 Å². The summed E-state index contributed by atoms with van der Waals surface area (Å²) in [5.41, 5.74) is -0.339. The van der Waals surface area contributed by atoms with Gasteiger partial charge in [-0.15, -0.1) is 0 Å². The number of fused-ring (bicyclic) bond motifs is 1. The Morgan fingerprint density at radius 3 is 2.43 bits per heavy atom. The second kappa shape index (κ2) is 2.96. The zero-order chi connectivity index (χ0) is 10.5. The molecular formula is C11H18O3. The molecular weight excluding hydrogens is 180 g/mol. The highest BCUT2D eigenvalue weighted by molar-refractivity contribution is 5.72. The average Bonchev–Trinajstić information content (AvgIpc) is 2.87. The van der Waals surface area contributed by atoms with Crippen LogP contribution in [0.1, 0.15) is 34.1 Å². The summed E-state index contributed by atoms with van der Waals surface area (Å²) in [5.74, 6) is 0.365. The van der Waals surface area contributed by atoms with E-state index >= 15 is 0 Å². The van der Waals surface area contributed by atoms with Crippen molar-refractivity contribution in [2.24, 2.45) is 11.8 Å². The highest BCUT2D eigenvalue weighted by Crippen LogP contribution is 2.59. The van der Waals surface area contributed by atoms with Crippen LogP contribution >= 0.6 is 0 Å². The molecule has 0 radical (unpaired) electrons. The predicted molar refractivity (Wildman–Crippen MR) is 51.8 cm³/mol. The fourth-order valence-electron chi connectivity index (χ4n) is 1.86. The van der Waals surface area contributed by atoms with E-state index in [1.807, 2.05) is 27.7 Å². The monoisotopic (exact) mass is 198 g/mol. The van der Waals surface area contributed by atoms with Crippen molar-refractivity contribution in [2.45, 2.75) is 51.9 Å². The largest absolute Gasteiger partial charge is 0.459 e. The molecule has 0 spiro atoms. The average molecular weight is 198 g/mol. The highest BCUT2D eigenvalue weighted by Gasteiger charge is 2.74. The Balaban J connectivity index is 1.86. The molecule has 3 atom stereocenters. The number of rotatable bonds is 4. The molecule has 0 aromatic carbocycles. The lowest BCUT2D eigenvalue weighted by molar-refractivity contribution is -0.166. The fourth-order valence-corrected chi connectivity index (χ4v) is 1.86. The van der Waals surface area contributed by atoms with Gasteiger partial charge in [0.1, 0.15) is 5.60 Å². The van der Waals surface area contributed by atoms with Crippen molar-refractivity contribution < 1.29 is 14.3 Å². The Hall–Kier alpha value is -0.570. The molecule has 2 fully saturated rings. The van der Waals surface area contributed by atoms with Crippen molar-refractivity contribution in [1.82, 2.24) is 0 Å². The molecule has 0 amide bonds. The normalized spacial score (nSPS) is 35.9. The third-order valence-corrected chi connectivity index (χ3v) is 3.31. The maximum atomic E-state index is 11.6. The van der Waals surface area contributed by atoms with Crippen LogP contribution in [0.4, 0.5) is 0 Å². The first-order chi connectivity index (χ1) is 6.47. The number of hydrogen-bond donors (Lipinski definition) is 0.